The van der Waals surface area contributed by atoms with E-state index in [4.69, 9.17) is 16.0 Å². The number of nitrogens with zero attached hydrogens (tertiary/aromatic N) is 1. The minimum Gasteiger partial charge on any atom is -0.460 e. The largest absolute Gasteiger partial charge is 0.460 e. The Morgan fingerprint density at radius 3 is 2.54 bits per heavy atom. The van der Waals surface area contributed by atoms with Crippen LogP contribution in [0, 0.1) is 6.92 Å². The monoisotopic (exact) mass is 493 g/mol. The third-order valence-electron chi connectivity index (χ3n) is 6.34. The molecule has 184 valence electrons. The summed E-state index contributed by atoms with van der Waals surface area (Å²) >= 11 is 6.33. The van der Waals surface area contributed by atoms with Gasteiger partial charge in [-0.25, -0.2) is 0 Å². The maximum Gasteiger partial charge on any atom is 0.257 e. The van der Waals surface area contributed by atoms with Crippen LogP contribution in [0.4, 0.5) is 0 Å². The molecule has 3 aromatic rings. The van der Waals surface area contributed by atoms with Gasteiger partial charge in [0.25, 0.3) is 5.91 Å². The first-order chi connectivity index (χ1) is 17.0. The molecule has 2 amide bonds. The van der Waals surface area contributed by atoms with Crippen molar-refractivity contribution in [3.63, 3.8) is 0 Å². The van der Waals surface area contributed by atoms with Crippen molar-refractivity contribution in [1.29, 1.82) is 0 Å². The van der Waals surface area contributed by atoms with Crippen molar-refractivity contribution in [3.8, 4) is 11.3 Å². The average molecular weight is 494 g/mol. The SMILES string of the molecule is Cc1oc(-c2ccccc2Cl)cc1C(=O)N1CCCCNC(c2ccccc2)CC(=O)NCCC1. The van der Waals surface area contributed by atoms with E-state index in [9.17, 15) is 9.59 Å². The van der Waals surface area contributed by atoms with Crippen LogP contribution in [-0.4, -0.2) is 42.9 Å². The predicted molar refractivity (Wildman–Crippen MR) is 138 cm³/mol. The first-order valence-electron chi connectivity index (χ1n) is 12.2. The van der Waals surface area contributed by atoms with E-state index in [0.29, 0.717) is 54.6 Å². The van der Waals surface area contributed by atoms with Crippen LogP contribution in [0.3, 0.4) is 0 Å². The number of nitrogens with one attached hydrogen (secondary N) is 2. The maximum atomic E-state index is 13.5. The molecule has 7 heteroatoms. The van der Waals surface area contributed by atoms with Gasteiger partial charge in [-0.3, -0.25) is 9.59 Å². The predicted octanol–water partition coefficient (Wildman–Crippen LogP) is 5.37. The molecule has 1 saturated heterocycles. The summed E-state index contributed by atoms with van der Waals surface area (Å²) in [7, 11) is 0. The highest BCUT2D eigenvalue weighted by Gasteiger charge is 2.23. The van der Waals surface area contributed by atoms with E-state index in [-0.39, 0.29) is 17.9 Å². The Balaban J connectivity index is 1.44. The second kappa shape index (κ2) is 12.0. The molecule has 0 radical (unpaired) electrons. The van der Waals surface area contributed by atoms with Gasteiger partial charge in [-0.2, -0.15) is 0 Å². The van der Waals surface area contributed by atoms with Gasteiger partial charge in [0, 0.05) is 37.7 Å². The number of hydrogen-bond acceptors (Lipinski definition) is 4. The molecule has 6 nitrogen and oxygen atoms in total. The number of rotatable bonds is 3. The molecule has 1 atom stereocenters. The second-order valence-corrected chi connectivity index (χ2v) is 9.29. The van der Waals surface area contributed by atoms with Crippen molar-refractivity contribution in [2.75, 3.05) is 26.2 Å². The molecule has 1 aliphatic heterocycles. The molecule has 1 fully saturated rings. The lowest BCUT2D eigenvalue weighted by atomic mass is 10.0. The Bertz CT molecular complexity index is 1150. The van der Waals surface area contributed by atoms with Gasteiger partial charge < -0.3 is 20.0 Å². The number of aryl methyl sites for hydroxylation is 1. The Morgan fingerprint density at radius 1 is 1.00 bits per heavy atom. The minimum atomic E-state index is -0.0547. The first-order valence-corrected chi connectivity index (χ1v) is 12.6. The molecular formula is C28H32ClN3O3. The van der Waals surface area contributed by atoms with E-state index in [2.05, 4.69) is 10.6 Å². The molecule has 1 aromatic heterocycles. The van der Waals surface area contributed by atoms with Crippen LogP contribution in [0.15, 0.2) is 65.1 Å². The smallest absolute Gasteiger partial charge is 0.257 e. The summed E-state index contributed by atoms with van der Waals surface area (Å²) in [6, 6.07) is 19.3. The standard InChI is InChI=1S/C28H32ClN3O3/c1-20-23(18-26(35-20)22-12-5-6-13-24(22)29)28(34)32-16-8-7-14-30-25(21-10-3-2-4-11-21)19-27(33)31-15-9-17-32/h2-6,10-13,18,25,30H,7-9,14-17,19H2,1H3,(H,31,33). The number of amides is 2. The fraction of sp³-hybridized carbons (Fsp3) is 0.357. The molecule has 0 bridgehead atoms. The number of benzene rings is 2. The van der Waals surface area contributed by atoms with Crippen molar-refractivity contribution >= 4 is 23.4 Å². The van der Waals surface area contributed by atoms with Gasteiger partial charge in [-0.05, 0) is 56.5 Å². The number of hydrogen-bond donors (Lipinski definition) is 2. The highest BCUT2D eigenvalue weighted by molar-refractivity contribution is 6.33. The van der Waals surface area contributed by atoms with Gasteiger partial charge in [0.1, 0.15) is 11.5 Å². The van der Waals surface area contributed by atoms with Crippen molar-refractivity contribution < 1.29 is 14.0 Å². The molecule has 1 aliphatic rings. The lowest BCUT2D eigenvalue weighted by molar-refractivity contribution is -0.121. The minimum absolute atomic E-state index is 0.0125. The third-order valence-corrected chi connectivity index (χ3v) is 6.67. The molecule has 1 unspecified atom stereocenters. The van der Waals surface area contributed by atoms with Crippen molar-refractivity contribution in [3.05, 3.63) is 82.6 Å². The van der Waals surface area contributed by atoms with Crippen LogP contribution in [0.2, 0.25) is 5.02 Å². The summed E-state index contributed by atoms with van der Waals surface area (Å²) in [4.78, 5) is 27.9. The summed E-state index contributed by atoms with van der Waals surface area (Å²) in [5.41, 5.74) is 2.43. The van der Waals surface area contributed by atoms with Crippen LogP contribution >= 0.6 is 11.6 Å². The quantitative estimate of drug-likeness (QED) is 0.514. The molecule has 0 spiro atoms. The molecule has 0 saturated carbocycles. The number of carbonyl (C=O) groups is 2. The molecule has 4 rings (SSSR count). The van der Waals surface area contributed by atoms with Crippen LogP contribution in [0.25, 0.3) is 11.3 Å². The van der Waals surface area contributed by atoms with Crippen molar-refractivity contribution in [1.82, 2.24) is 15.5 Å². The van der Waals surface area contributed by atoms with Crippen LogP contribution < -0.4 is 10.6 Å². The number of carbonyl (C=O) groups excluding carboxylic acids is 2. The second-order valence-electron chi connectivity index (χ2n) is 8.88. The highest BCUT2D eigenvalue weighted by atomic mass is 35.5. The zero-order chi connectivity index (χ0) is 24.6. The van der Waals surface area contributed by atoms with Gasteiger partial charge in [0.15, 0.2) is 0 Å². The lowest BCUT2D eigenvalue weighted by Gasteiger charge is -2.22. The molecule has 2 aromatic carbocycles. The Labute approximate surface area is 211 Å². The van der Waals surface area contributed by atoms with Gasteiger partial charge >= 0.3 is 0 Å². The molecule has 35 heavy (non-hydrogen) atoms. The zero-order valence-corrected chi connectivity index (χ0v) is 20.8. The summed E-state index contributed by atoms with van der Waals surface area (Å²) in [5.74, 6) is 1.12. The highest BCUT2D eigenvalue weighted by Crippen LogP contribution is 2.31. The normalized spacial score (nSPS) is 18.2. The number of halogens is 1. The Hall–Kier alpha value is -3.09. The maximum absolute atomic E-state index is 13.5. The first kappa shape index (κ1) is 25.0. The molecule has 2 N–H and O–H groups in total. The van der Waals surface area contributed by atoms with Crippen LogP contribution in [0.1, 0.15) is 53.4 Å². The van der Waals surface area contributed by atoms with Crippen LogP contribution in [0.5, 0.6) is 0 Å². The van der Waals surface area contributed by atoms with E-state index < -0.39 is 0 Å². The van der Waals surface area contributed by atoms with Crippen molar-refractivity contribution in [2.45, 2.75) is 38.6 Å². The van der Waals surface area contributed by atoms with E-state index in [1.54, 1.807) is 12.1 Å². The summed E-state index contributed by atoms with van der Waals surface area (Å²) in [6.07, 6.45) is 2.86. The van der Waals surface area contributed by atoms with Crippen molar-refractivity contribution in [2.24, 2.45) is 0 Å². The van der Waals surface area contributed by atoms with E-state index in [0.717, 1.165) is 30.5 Å². The number of furan rings is 1. The Morgan fingerprint density at radius 2 is 1.74 bits per heavy atom. The molecular weight excluding hydrogens is 462 g/mol. The molecule has 2 heterocycles. The van der Waals surface area contributed by atoms with E-state index >= 15 is 0 Å². The van der Waals surface area contributed by atoms with E-state index in [1.807, 2.05) is 60.4 Å². The summed E-state index contributed by atoms with van der Waals surface area (Å²) in [5, 5.41) is 7.12. The fourth-order valence-electron chi connectivity index (χ4n) is 4.43. The average Bonchev–Trinajstić information content (AvgIpc) is 3.26. The summed E-state index contributed by atoms with van der Waals surface area (Å²) in [6.45, 7) is 4.33. The van der Waals surface area contributed by atoms with Gasteiger partial charge in [0.05, 0.1) is 10.6 Å². The summed E-state index contributed by atoms with van der Waals surface area (Å²) < 4.78 is 5.92. The van der Waals surface area contributed by atoms with Gasteiger partial charge in [-0.1, -0.05) is 54.1 Å². The Kier molecular flexibility index (Phi) is 8.61. The lowest BCUT2D eigenvalue weighted by Crippen LogP contribution is -2.35. The van der Waals surface area contributed by atoms with Gasteiger partial charge in [0.2, 0.25) is 5.91 Å². The molecule has 0 aliphatic carbocycles. The van der Waals surface area contributed by atoms with Crippen LogP contribution in [-0.2, 0) is 4.79 Å². The fourth-order valence-corrected chi connectivity index (χ4v) is 4.65. The zero-order valence-electron chi connectivity index (χ0n) is 20.1. The van der Waals surface area contributed by atoms with E-state index in [1.165, 1.54) is 0 Å². The third kappa shape index (κ3) is 6.53. The van der Waals surface area contributed by atoms with Gasteiger partial charge in [-0.15, -0.1) is 0 Å². The topological polar surface area (TPSA) is 74.6 Å².